The summed E-state index contributed by atoms with van der Waals surface area (Å²) in [5.74, 6) is 0.205. The van der Waals surface area contributed by atoms with Crippen molar-refractivity contribution in [2.24, 2.45) is 5.16 Å². The third kappa shape index (κ3) is 3.48. The number of hydrogen-bond acceptors (Lipinski definition) is 6. The van der Waals surface area contributed by atoms with Gasteiger partial charge in [0.15, 0.2) is 5.82 Å². The first-order valence-corrected chi connectivity index (χ1v) is 9.86. The van der Waals surface area contributed by atoms with Crippen LogP contribution in [-0.4, -0.2) is 31.6 Å². The predicted molar refractivity (Wildman–Crippen MR) is 106 cm³/mol. The molecular weight excluding hydrogens is 533 g/mol. The van der Waals surface area contributed by atoms with E-state index in [-0.39, 0.29) is 28.2 Å². The average Bonchev–Trinajstić information content (AvgIpc) is 3.37. The maximum absolute atomic E-state index is 14.1. The Kier molecular flexibility index (Phi) is 5.11. The number of nitriles is 1. The zero-order chi connectivity index (χ0) is 21.5. The SMILES string of the molecule is N#Cc1cc(C2=NOC(c3cc(Br)cc(Br)c3)(C(F)(F)F)C2)cnc1-n1cncn1. The number of alkyl halides is 3. The number of hydrogen-bond donors (Lipinski definition) is 0. The number of benzene rings is 1. The molecule has 7 nitrogen and oxygen atoms in total. The summed E-state index contributed by atoms with van der Waals surface area (Å²) in [5, 5.41) is 17.1. The Morgan fingerprint density at radius 3 is 2.50 bits per heavy atom. The molecule has 0 spiro atoms. The first-order chi connectivity index (χ1) is 14.2. The molecule has 30 heavy (non-hydrogen) atoms. The van der Waals surface area contributed by atoms with Gasteiger partial charge in [-0.1, -0.05) is 37.0 Å². The Balaban J connectivity index is 1.74. The highest BCUT2D eigenvalue weighted by Gasteiger charge is 2.62. The summed E-state index contributed by atoms with van der Waals surface area (Å²) in [4.78, 5) is 13.0. The number of rotatable bonds is 3. The lowest BCUT2D eigenvalue weighted by Gasteiger charge is -2.29. The van der Waals surface area contributed by atoms with E-state index in [4.69, 9.17) is 4.84 Å². The van der Waals surface area contributed by atoms with Crippen molar-refractivity contribution < 1.29 is 18.0 Å². The summed E-state index contributed by atoms with van der Waals surface area (Å²) in [6, 6.07) is 7.66. The van der Waals surface area contributed by atoms with Crippen molar-refractivity contribution in [2.75, 3.05) is 0 Å². The molecule has 0 amide bonds. The molecule has 0 saturated carbocycles. The van der Waals surface area contributed by atoms with Crippen LogP contribution < -0.4 is 0 Å². The number of nitrogens with zero attached hydrogens (tertiary/aromatic N) is 6. The molecule has 1 atom stereocenters. The number of aromatic nitrogens is 4. The summed E-state index contributed by atoms with van der Waals surface area (Å²) < 4.78 is 44.6. The molecule has 0 radical (unpaired) electrons. The van der Waals surface area contributed by atoms with Crippen molar-refractivity contribution in [3.63, 3.8) is 0 Å². The monoisotopic (exact) mass is 540 g/mol. The highest BCUT2D eigenvalue weighted by atomic mass is 79.9. The molecule has 2 aromatic heterocycles. The fourth-order valence-corrected chi connectivity index (χ4v) is 4.34. The Morgan fingerprint density at radius 1 is 1.17 bits per heavy atom. The van der Waals surface area contributed by atoms with E-state index in [1.54, 1.807) is 6.07 Å². The highest BCUT2D eigenvalue weighted by molar-refractivity contribution is 9.11. The first-order valence-electron chi connectivity index (χ1n) is 8.27. The Labute approximate surface area is 184 Å². The molecule has 4 rings (SSSR count). The largest absolute Gasteiger partial charge is 0.435 e. The summed E-state index contributed by atoms with van der Waals surface area (Å²) in [6.45, 7) is 0. The van der Waals surface area contributed by atoms with Gasteiger partial charge < -0.3 is 4.84 Å². The van der Waals surface area contributed by atoms with Crippen LogP contribution in [0.1, 0.15) is 23.1 Å². The van der Waals surface area contributed by atoms with Crippen molar-refractivity contribution in [1.82, 2.24) is 19.7 Å². The van der Waals surface area contributed by atoms with Crippen LogP contribution in [0.3, 0.4) is 0 Å². The van der Waals surface area contributed by atoms with Crippen molar-refractivity contribution in [3.05, 3.63) is 68.8 Å². The quantitative estimate of drug-likeness (QED) is 0.482. The van der Waals surface area contributed by atoms with Gasteiger partial charge in [-0.25, -0.2) is 14.6 Å². The van der Waals surface area contributed by atoms with Crippen LogP contribution in [0.2, 0.25) is 0 Å². The lowest BCUT2D eigenvalue weighted by Crippen LogP contribution is -2.42. The van der Waals surface area contributed by atoms with Gasteiger partial charge in [-0.15, -0.1) is 0 Å². The molecule has 3 aromatic rings. The van der Waals surface area contributed by atoms with Gasteiger partial charge >= 0.3 is 6.18 Å². The Hall–Kier alpha value is -2.78. The molecular formula is C18H9Br2F3N6O. The van der Waals surface area contributed by atoms with Gasteiger partial charge in [0, 0.05) is 26.3 Å². The third-order valence-electron chi connectivity index (χ3n) is 4.47. The van der Waals surface area contributed by atoms with Crippen LogP contribution >= 0.6 is 31.9 Å². The lowest BCUT2D eigenvalue weighted by atomic mass is 9.87. The molecule has 12 heteroatoms. The van der Waals surface area contributed by atoms with Gasteiger partial charge in [-0.3, -0.25) is 0 Å². The summed E-state index contributed by atoms with van der Waals surface area (Å²) >= 11 is 6.41. The van der Waals surface area contributed by atoms with Gasteiger partial charge in [-0.05, 0) is 24.3 Å². The molecule has 1 aromatic carbocycles. The molecule has 0 N–H and O–H groups in total. The fourth-order valence-electron chi connectivity index (χ4n) is 3.04. The minimum absolute atomic E-state index is 0.0255. The standard InChI is InChI=1S/C18H9Br2F3N6O/c19-13-2-12(3-14(20)4-13)17(18(21,22)23)5-15(28-30-17)11-1-10(6-24)16(26-7-11)29-9-25-8-27-29/h1-4,7-9H,5H2. The molecule has 152 valence electrons. The van der Waals surface area contributed by atoms with E-state index in [0.29, 0.717) is 8.95 Å². The van der Waals surface area contributed by atoms with Crippen LogP contribution in [0.5, 0.6) is 0 Å². The second kappa shape index (κ2) is 7.48. The van der Waals surface area contributed by atoms with Crippen molar-refractivity contribution in [1.29, 1.82) is 5.26 Å². The molecule has 1 unspecified atom stereocenters. The van der Waals surface area contributed by atoms with E-state index in [0.717, 1.165) is 0 Å². The van der Waals surface area contributed by atoms with E-state index in [2.05, 4.69) is 52.1 Å². The second-order valence-corrected chi connectivity index (χ2v) is 8.17. The van der Waals surface area contributed by atoms with Crippen LogP contribution in [-0.2, 0) is 10.4 Å². The number of oxime groups is 1. The van der Waals surface area contributed by atoms with Gasteiger partial charge in [0.2, 0.25) is 0 Å². The maximum Gasteiger partial charge on any atom is 0.435 e. The topological polar surface area (TPSA) is 89.0 Å². The molecule has 0 saturated heterocycles. The van der Waals surface area contributed by atoms with Crippen molar-refractivity contribution in [3.8, 4) is 11.9 Å². The number of pyridine rings is 1. The Morgan fingerprint density at radius 2 is 1.90 bits per heavy atom. The van der Waals surface area contributed by atoms with Crippen LogP contribution in [0.4, 0.5) is 13.2 Å². The normalized spacial score (nSPS) is 18.6. The van der Waals surface area contributed by atoms with Gasteiger partial charge in [0.05, 0.1) is 17.7 Å². The molecule has 0 aliphatic carbocycles. The molecule has 3 heterocycles. The molecule has 1 aliphatic rings. The smallest absolute Gasteiger partial charge is 0.374 e. The minimum Gasteiger partial charge on any atom is -0.374 e. The summed E-state index contributed by atoms with van der Waals surface area (Å²) in [7, 11) is 0. The van der Waals surface area contributed by atoms with Crippen molar-refractivity contribution >= 4 is 37.6 Å². The lowest BCUT2D eigenvalue weighted by molar-refractivity contribution is -0.275. The van der Waals surface area contributed by atoms with E-state index < -0.39 is 18.2 Å². The Bertz CT molecular complexity index is 1170. The zero-order valence-electron chi connectivity index (χ0n) is 14.7. The molecule has 1 aliphatic heterocycles. The predicted octanol–water partition coefficient (Wildman–Crippen LogP) is 4.64. The van der Waals surface area contributed by atoms with E-state index in [1.165, 1.54) is 41.7 Å². The van der Waals surface area contributed by atoms with Gasteiger partial charge in [-0.2, -0.15) is 23.5 Å². The first kappa shape index (κ1) is 20.5. The zero-order valence-corrected chi connectivity index (χ0v) is 17.9. The average molecular weight is 542 g/mol. The minimum atomic E-state index is -4.75. The summed E-state index contributed by atoms with van der Waals surface area (Å²) in [6.07, 6.45) is -1.36. The van der Waals surface area contributed by atoms with Gasteiger partial charge in [0.25, 0.3) is 5.60 Å². The van der Waals surface area contributed by atoms with Crippen LogP contribution in [0.25, 0.3) is 5.82 Å². The number of halogens is 5. The van der Waals surface area contributed by atoms with Gasteiger partial charge in [0.1, 0.15) is 18.7 Å². The third-order valence-corrected chi connectivity index (χ3v) is 5.39. The fraction of sp³-hybridized carbons (Fsp3) is 0.167. The van der Waals surface area contributed by atoms with Crippen molar-refractivity contribution in [2.45, 2.75) is 18.2 Å². The molecule has 0 fully saturated rings. The van der Waals surface area contributed by atoms with Crippen LogP contribution in [0, 0.1) is 11.3 Å². The van der Waals surface area contributed by atoms with Crippen LogP contribution in [0.15, 0.2) is 57.2 Å². The summed E-state index contributed by atoms with van der Waals surface area (Å²) in [5.41, 5.74) is -2.39. The van der Waals surface area contributed by atoms with E-state index in [1.807, 2.05) is 6.07 Å². The highest BCUT2D eigenvalue weighted by Crippen LogP contribution is 2.49. The second-order valence-electron chi connectivity index (χ2n) is 6.34. The van der Waals surface area contributed by atoms with E-state index >= 15 is 0 Å². The maximum atomic E-state index is 14.1. The van der Waals surface area contributed by atoms with E-state index in [9.17, 15) is 18.4 Å². The molecule has 0 bridgehead atoms.